The van der Waals surface area contributed by atoms with Crippen LogP contribution in [0.25, 0.3) is 10.9 Å². The van der Waals surface area contributed by atoms with Gasteiger partial charge in [0, 0.05) is 30.1 Å². The highest BCUT2D eigenvalue weighted by atomic mass is 16.5. The fourth-order valence-electron chi connectivity index (χ4n) is 2.51. The molecule has 5 heteroatoms. The lowest BCUT2D eigenvalue weighted by Gasteiger charge is -2.08. The molecule has 0 spiro atoms. The first-order valence-electron chi connectivity index (χ1n) is 7.06. The maximum absolute atomic E-state index is 11.0. The molecule has 21 heavy (non-hydrogen) atoms. The second-order valence-electron chi connectivity index (χ2n) is 5.73. The summed E-state index contributed by atoms with van der Waals surface area (Å²) >= 11 is 0. The summed E-state index contributed by atoms with van der Waals surface area (Å²) in [6, 6.07) is 4.97. The van der Waals surface area contributed by atoms with E-state index in [0.29, 0.717) is 12.3 Å². The minimum Gasteiger partial charge on any atom is -0.497 e. The maximum Gasteiger partial charge on any atom is 0.320 e. The fourth-order valence-corrected chi connectivity index (χ4v) is 2.51. The van der Waals surface area contributed by atoms with Gasteiger partial charge in [0.15, 0.2) is 0 Å². The van der Waals surface area contributed by atoms with Gasteiger partial charge in [0.1, 0.15) is 11.8 Å². The molecule has 114 valence electrons. The van der Waals surface area contributed by atoms with Gasteiger partial charge in [-0.15, -0.1) is 0 Å². The van der Waals surface area contributed by atoms with E-state index in [1.807, 2.05) is 24.4 Å². The van der Waals surface area contributed by atoms with E-state index >= 15 is 0 Å². The van der Waals surface area contributed by atoms with Crippen molar-refractivity contribution in [2.45, 2.75) is 32.9 Å². The second-order valence-corrected chi connectivity index (χ2v) is 5.73. The number of hydrogen-bond donors (Lipinski definition) is 2. The summed E-state index contributed by atoms with van der Waals surface area (Å²) in [7, 11) is 1.62. The topological polar surface area (TPSA) is 77.5 Å². The molecule has 0 aliphatic heterocycles. The van der Waals surface area contributed by atoms with Gasteiger partial charge in [0.25, 0.3) is 0 Å². The molecule has 0 bridgehead atoms. The molecule has 0 saturated heterocycles. The zero-order valence-corrected chi connectivity index (χ0v) is 12.7. The van der Waals surface area contributed by atoms with E-state index < -0.39 is 12.0 Å². The molecule has 1 aromatic heterocycles. The lowest BCUT2D eigenvalue weighted by molar-refractivity contribution is -0.138. The first-order chi connectivity index (χ1) is 9.92. The van der Waals surface area contributed by atoms with Gasteiger partial charge in [-0.05, 0) is 29.7 Å². The van der Waals surface area contributed by atoms with E-state index in [-0.39, 0.29) is 0 Å². The Kier molecular flexibility index (Phi) is 4.53. The SMILES string of the molecule is COc1ccc2c(c1)c(CC(N)C(=O)O)cn2CC(C)C. The van der Waals surface area contributed by atoms with Crippen LogP contribution in [0, 0.1) is 5.92 Å². The number of fused-ring (bicyclic) bond motifs is 1. The summed E-state index contributed by atoms with van der Waals surface area (Å²) in [5.41, 5.74) is 7.71. The Hall–Kier alpha value is -2.01. The number of rotatable bonds is 6. The number of aromatic nitrogens is 1. The molecule has 0 fully saturated rings. The Bertz CT molecular complexity index is 646. The number of carbonyl (C=O) groups is 1. The lowest BCUT2D eigenvalue weighted by atomic mass is 10.1. The van der Waals surface area contributed by atoms with Crippen molar-refractivity contribution in [1.82, 2.24) is 4.57 Å². The lowest BCUT2D eigenvalue weighted by Crippen LogP contribution is -2.32. The third kappa shape index (κ3) is 3.36. The minimum atomic E-state index is -0.984. The second kappa shape index (κ2) is 6.18. The predicted molar refractivity (Wildman–Crippen MR) is 82.6 cm³/mol. The quantitative estimate of drug-likeness (QED) is 0.855. The van der Waals surface area contributed by atoms with E-state index in [9.17, 15) is 4.79 Å². The Labute approximate surface area is 124 Å². The van der Waals surface area contributed by atoms with Crippen LogP contribution in [0.1, 0.15) is 19.4 Å². The first-order valence-corrected chi connectivity index (χ1v) is 7.06. The molecular weight excluding hydrogens is 268 g/mol. The molecule has 2 rings (SSSR count). The number of ether oxygens (including phenoxy) is 1. The summed E-state index contributed by atoms with van der Waals surface area (Å²) in [6.45, 7) is 5.18. The van der Waals surface area contributed by atoms with Crippen molar-refractivity contribution in [2.75, 3.05) is 7.11 Å². The summed E-state index contributed by atoms with van der Waals surface area (Å²) in [4.78, 5) is 11.0. The molecule has 1 aromatic carbocycles. The highest BCUT2D eigenvalue weighted by molar-refractivity contribution is 5.86. The number of aliphatic carboxylic acids is 1. The number of carboxylic acid groups (broad SMARTS) is 1. The van der Waals surface area contributed by atoms with Crippen molar-refractivity contribution in [3.05, 3.63) is 30.0 Å². The third-order valence-corrected chi connectivity index (χ3v) is 3.49. The minimum absolute atomic E-state index is 0.310. The van der Waals surface area contributed by atoms with Crippen molar-refractivity contribution in [3.63, 3.8) is 0 Å². The van der Waals surface area contributed by atoms with Crippen LogP contribution in [-0.2, 0) is 17.8 Å². The Morgan fingerprint density at radius 3 is 2.71 bits per heavy atom. The van der Waals surface area contributed by atoms with Crippen LogP contribution >= 0.6 is 0 Å². The highest BCUT2D eigenvalue weighted by Gasteiger charge is 2.17. The van der Waals surface area contributed by atoms with Gasteiger partial charge in [-0.1, -0.05) is 13.8 Å². The average molecular weight is 290 g/mol. The smallest absolute Gasteiger partial charge is 0.320 e. The number of hydrogen-bond acceptors (Lipinski definition) is 3. The first kappa shape index (κ1) is 15.4. The van der Waals surface area contributed by atoms with Gasteiger partial charge in [0.05, 0.1) is 7.11 Å². The van der Waals surface area contributed by atoms with Crippen molar-refractivity contribution >= 4 is 16.9 Å². The molecule has 1 unspecified atom stereocenters. The number of nitrogens with two attached hydrogens (primary N) is 1. The molecule has 0 radical (unpaired) electrons. The van der Waals surface area contributed by atoms with E-state index in [2.05, 4.69) is 18.4 Å². The van der Waals surface area contributed by atoms with Gasteiger partial charge in [-0.2, -0.15) is 0 Å². The van der Waals surface area contributed by atoms with Gasteiger partial charge < -0.3 is 20.1 Å². The van der Waals surface area contributed by atoms with Crippen molar-refractivity contribution < 1.29 is 14.6 Å². The number of carboxylic acids is 1. The Balaban J connectivity index is 2.49. The summed E-state index contributed by atoms with van der Waals surface area (Å²) in [6.07, 6.45) is 2.32. The molecule has 5 nitrogen and oxygen atoms in total. The average Bonchev–Trinajstić information content (AvgIpc) is 2.75. The number of benzene rings is 1. The van der Waals surface area contributed by atoms with Crippen LogP contribution in [0.4, 0.5) is 0 Å². The molecule has 0 aliphatic rings. The van der Waals surface area contributed by atoms with Crippen molar-refractivity contribution in [1.29, 1.82) is 0 Å². The van der Waals surface area contributed by atoms with E-state index in [0.717, 1.165) is 28.8 Å². The van der Waals surface area contributed by atoms with E-state index in [1.54, 1.807) is 7.11 Å². The summed E-state index contributed by atoms with van der Waals surface area (Å²) < 4.78 is 7.42. The molecule has 1 atom stereocenters. The van der Waals surface area contributed by atoms with E-state index in [4.69, 9.17) is 15.6 Å². The molecule has 0 aliphatic carbocycles. The molecule has 0 amide bonds. The molecule has 1 heterocycles. The van der Waals surface area contributed by atoms with E-state index in [1.165, 1.54) is 0 Å². The Morgan fingerprint density at radius 1 is 1.43 bits per heavy atom. The normalized spacial score (nSPS) is 12.8. The zero-order chi connectivity index (χ0) is 15.6. The molecule has 2 aromatic rings. The molecule has 3 N–H and O–H groups in total. The van der Waals surface area contributed by atoms with Gasteiger partial charge in [-0.3, -0.25) is 4.79 Å². The zero-order valence-electron chi connectivity index (χ0n) is 12.7. The van der Waals surface area contributed by atoms with Gasteiger partial charge in [-0.25, -0.2) is 0 Å². The van der Waals surface area contributed by atoms with Gasteiger partial charge >= 0.3 is 5.97 Å². The van der Waals surface area contributed by atoms with Crippen molar-refractivity contribution in [3.8, 4) is 5.75 Å². The molecule has 0 saturated carbocycles. The standard InChI is InChI=1S/C16H22N2O3/c1-10(2)8-18-9-11(6-14(17)16(19)20)13-7-12(21-3)4-5-15(13)18/h4-5,7,9-10,14H,6,8,17H2,1-3H3,(H,19,20). The number of methoxy groups -OCH3 is 1. The van der Waals surface area contributed by atoms with Crippen LogP contribution in [0.5, 0.6) is 5.75 Å². The predicted octanol–water partition coefficient (Wildman–Crippen LogP) is 2.26. The highest BCUT2D eigenvalue weighted by Crippen LogP contribution is 2.27. The van der Waals surface area contributed by atoms with Crippen LogP contribution in [0.2, 0.25) is 0 Å². The van der Waals surface area contributed by atoms with Crippen LogP contribution in [0.3, 0.4) is 0 Å². The van der Waals surface area contributed by atoms with Crippen LogP contribution < -0.4 is 10.5 Å². The number of nitrogens with zero attached hydrogens (tertiary/aromatic N) is 1. The largest absolute Gasteiger partial charge is 0.497 e. The fraction of sp³-hybridized carbons (Fsp3) is 0.438. The summed E-state index contributed by atoms with van der Waals surface area (Å²) in [5, 5.41) is 10.0. The van der Waals surface area contributed by atoms with Crippen LogP contribution in [0.15, 0.2) is 24.4 Å². The van der Waals surface area contributed by atoms with Gasteiger partial charge in [0.2, 0.25) is 0 Å². The molecular formula is C16H22N2O3. The van der Waals surface area contributed by atoms with Crippen LogP contribution in [-0.4, -0.2) is 28.8 Å². The summed E-state index contributed by atoms with van der Waals surface area (Å²) in [5.74, 6) is 0.279. The maximum atomic E-state index is 11.0. The Morgan fingerprint density at radius 2 is 2.14 bits per heavy atom. The van der Waals surface area contributed by atoms with Crippen molar-refractivity contribution in [2.24, 2.45) is 11.7 Å². The third-order valence-electron chi connectivity index (χ3n) is 3.49. The monoisotopic (exact) mass is 290 g/mol.